The highest BCUT2D eigenvalue weighted by atomic mass is 16.5. The van der Waals surface area contributed by atoms with Crippen LogP contribution in [-0.2, 0) is 14.3 Å². The van der Waals surface area contributed by atoms with Crippen LogP contribution >= 0.6 is 0 Å². The lowest BCUT2D eigenvalue weighted by atomic mass is 10.2. The number of carboxylic acid groups (broad SMARTS) is 1. The van der Waals surface area contributed by atoms with Crippen LogP contribution in [0.2, 0.25) is 0 Å². The second kappa shape index (κ2) is 7.61. The zero-order valence-electron chi connectivity index (χ0n) is 8.08. The molecule has 0 unspecified atom stereocenters. The van der Waals surface area contributed by atoms with Crippen LogP contribution in [-0.4, -0.2) is 31.4 Å². The predicted molar refractivity (Wildman–Crippen MR) is 48.5 cm³/mol. The maximum atomic E-state index is 10.3. The van der Waals surface area contributed by atoms with Crippen molar-refractivity contribution in [3.05, 3.63) is 11.8 Å². The molecular weight excluding hydrogens is 172 g/mol. The number of methoxy groups -OCH3 is 1. The smallest absolute Gasteiger partial charge is 0.331 e. The number of hydrogen-bond acceptors (Lipinski definition) is 3. The van der Waals surface area contributed by atoms with E-state index >= 15 is 0 Å². The maximum absolute atomic E-state index is 10.3. The lowest BCUT2D eigenvalue weighted by molar-refractivity contribution is -0.131. The molecule has 0 saturated carbocycles. The monoisotopic (exact) mass is 188 g/mol. The van der Waals surface area contributed by atoms with Gasteiger partial charge >= 0.3 is 5.97 Å². The Morgan fingerprint density at radius 2 is 2.23 bits per heavy atom. The van der Waals surface area contributed by atoms with Crippen molar-refractivity contribution in [3.8, 4) is 0 Å². The van der Waals surface area contributed by atoms with Crippen LogP contribution in [0.3, 0.4) is 0 Å². The van der Waals surface area contributed by atoms with Gasteiger partial charge in [-0.3, -0.25) is 0 Å². The summed E-state index contributed by atoms with van der Waals surface area (Å²) in [6.45, 7) is 2.93. The topological polar surface area (TPSA) is 55.8 Å². The third-order valence-electron chi connectivity index (χ3n) is 1.39. The molecule has 4 heteroatoms. The Balaban J connectivity index is 3.87. The summed E-state index contributed by atoms with van der Waals surface area (Å²) in [6, 6.07) is 0. The average Bonchev–Trinajstić information content (AvgIpc) is 2.04. The van der Waals surface area contributed by atoms with Gasteiger partial charge in [0.05, 0.1) is 12.7 Å². The van der Waals surface area contributed by atoms with Gasteiger partial charge in [0.25, 0.3) is 0 Å². The first-order chi connectivity index (χ1) is 6.20. The van der Waals surface area contributed by atoms with E-state index < -0.39 is 5.97 Å². The largest absolute Gasteiger partial charge is 0.498 e. The van der Waals surface area contributed by atoms with Crippen molar-refractivity contribution in [2.75, 3.05) is 20.3 Å². The molecule has 0 fully saturated rings. The highest BCUT2D eigenvalue weighted by Crippen LogP contribution is 2.06. The van der Waals surface area contributed by atoms with Gasteiger partial charge < -0.3 is 14.6 Å². The minimum atomic E-state index is -0.971. The van der Waals surface area contributed by atoms with Gasteiger partial charge in [-0.1, -0.05) is 0 Å². The molecule has 76 valence electrons. The number of carbonyl (C=O) groups is 1. The van der Waals surface area contributed by atoms with Gasteiger partial charge in [-0.05, 0) is 13.3 Å². The lowest BCUT2D eigenvalue weighted by Gasteiger charge is -2.06. The van der Waals surface area contributed by atoms with Crippen molar-refractivity contribution in [3.63, 3.8) is 0 Å². The van der Waals surface area contributed by atoms with Gasteiger partial charge in [-0.2, -0.15) is 0 Å². The summed E-state index contributed by atoms with van der Waals surface area (Å²) < 4.78 is 9.97. The normalized spacial score (nSPS) is 11.4. The maximum Gasteiger partial charge on any atom is 0.331 e. The van der Waals surface area contributed by atoms with E-state index in [-0.39, 0.29) is 0 Å². The molecule has 0 aliphatic heterocycles. The first-order valence-electron chi connectivity index (χ1n) is 4.26. The Bertz CT molecular complexity index is 174. The van der Waals surface area contributed by atoms with Gasteiger partial charge in [-0.15, -0.1) is 0 Å². The molecule has 13 heavy (non-hydrogen) atoms. The molecule has 0 aliphatic carbocycles. The van der Waals surface area contributed by atoms with Gasteiger partial charge in [0.1, 0.15) is 5.76 Å². The second-order valence-corrected chi connectivity index (χ2v) is 2.48. The van der Waals surface area contributed by atoms with Gasteiger partial charge in [0.15, 0.2) is 0 Å². The zero-order chi connectivity index (χ0) is 10.1. The number of rotatable bonds is 7. The highest BCUT2D eigenvalue weighted by molar-refractivity contribution is 5.80. The number of hydrogen-bond donors (Lipinski definition) is 1. The summed E-state index contributed by atoms with van der Waals surface area (Å²) in [7, 11) is 1.61. The van der Waals surface area contributed by atoms with Crippen molar-refractivity contribution in [1.29, 1.82) is 0 Å². The minimum absolute atomic E-state index is 0.492. The Kier molecular flexibility index (Phi) is 7.01. The van der Waals surface area contributed by atoms with Crippen LogP contribution in [0.1, 0.15) is 19.8 Å². The summed E-state index contributed by atoms with van der Waals surface area (Å²) in [4.78, 5) is 10.3. The van der Waals surface area contributed by atoms with E-state index in [0.717, 1.165) is 12.5 Å². The van der Waals surface area contributed by atoms with E-state index in [4.69, 9.17) is 14.6 Å². The summed E-state index contributed by atoms with van der Waals surface area (Å²) in [6.07, 6.45) is 2.47. The molecule has 0 amide bonds. The van der Waals surface area contributed by atoms with Crippen LogP contribution in [0.15, 0.2) is 11.8 Å². The van der Waals surface area contributed by atoms with Crippen molar-refractivity contribution in [2.24, 2.45) is 0 Å². The highest BCUT2D eigenvalue weighted by Gasteiger charge is 2.00. The van der Waals surface area contributed by atoms with Crippen molar-refractivity contribution in [1.82, 2.24) is 0 Å². The summed E-state index contributed by atoms with van der Waals surface area (Å²) in [5.41, 5.74) is 0. The number of ether oxygens (including phenoxy) is 2. The third kappa shape index (κ3) is 7.33. The predicted octanol–water partition coefficient (Wildman–Crippen LogP) is 1.42. The Morgan fingerprint density at radius 3 is 2.69 bits per heavy atom. The minimum Gasteiger partial charge on any atom is -0.498 e. The van der Waals surface area contributed by atoms with Crippen molar-refractivity contribution in [2.45, 2.75) is 19.8 Å². The van der Waals surface area contributed by atoms with Crippen LogP contribution < -0.4 is 0 Å². The number of carboxylic acids is 1. The van der Waals surface area contributed by atoms with Gasteiger partial charge in [0, 0.05) is 20.1 Å². The average molecular weight is 188 g/mol. The number of aliphatic carboxylic acids is 1. The molecule has 1 N–H and O–H groups in total. The quantitative estimate of drug-likeness (QED) is 0.373. The van der Waals surface area contributed by atoms with E-state index in [2.05, 4.69) is 0 Å². The van der Waals surface area contributed by atoms with E-state index in [9.17, 15) is 4.79 Å². The molecule has 0 aromatic heterocycles. The summed E-state index contributed by atoms with van der Waals surface area (Å²) >= 11 is 0. The lowest BCUT2D eigenvalue weighted by Crippen LogP contribution is -1.99. The fourth-order valence-electron chi connectivity index (χ4n) is 0.900. The molecule has 4 nitrogen and oxygen atoms in total. The molecule has 0 atom stereocenters. The molecular formula is C9H16O4. The van der Waals surface area contributed by atoms with Gasteiger partial charge in [0.2, 0.25) is 0 Å². The zero-order valence-corrected chi connectivity index (χ0v) is 8.08. The molecule has 0 saturated heterocycles. The molecule has 0 heterocycles. The fourth-order valence-corrected chi connectivity index (χ4v) is 0.900. The molecule has 0 aromatic carbocycles. The number of allylic oxidation sites excluding steroid dienone is 1. The Hall–Kier alpha value is -1.03. The van der Waals surface area contributed by atoms with E-state index in [1.54, 1.807) is 7.11 Å². The van der Waals surface area contributed by atoms with E-state index in [1.807, 2.05) is 6.92 Å². The molecule has 0 aliphatic rings. The van der Waals surface area contributed by atoms with Crippen molar-refractivity contribution < 1.29 is 19.4 Å². The van der Waals surface area contributed by atoms with E-state index in [1.165, 1.54) is 0 Å². The standard InChI is InChI=1S/C9H16O4/c1-3-13-8(7-9(10)11)5-4-6-12-2/h7H,3-6H2,1-2H3,(H,10,11)/b8-7+. The first-order valence-corrected chi connectivity index (χ1v) is 4.26. The van der Waals surface area contributed by atoms with Crippen molar-refractivity contribution >= 4 is 5.97 Å². The van der Waals surface area contributed by atoms with Gasteiger partial charge in [-0.25, -0.2) is 4.79 Å². The Morgan fingerprint density at radius 1 is 1.54 bits per heavy atom. The molecule has 0 aromatic rings. The SMILES string of the molecule is CCO/C(=C/C(=O)O)CCCOC. The molecule has 0 radical (unpaired) electrons. The second-order valence-electron chi connectivity index (χ2n) is 2.48. The first kappa shape index (κ1) is 12.0. The molecule has 0 bridgehead atoms. The molecule has 0 rings (SSSR count). The fraction of sp³-hybridized carbons (Fsp3) is 0.667. The third-order valence-corrected chi connectivity index (χ3v) is 1.39. The van der Waals surface area contributed by atoms with Crippen LogP contribution in [0.5, 0.6) is 0 Å². The van der Waals surface area contributed by atoms with Crippen LogP contribution in [0.4, 0.5) is 0 Å². The molecule has 0 spiro atoms. The summed E-state index contributed by atoms with van der Waals surface area (Å²) in [5, 5.41) is 8.48. The van der Waals surface area contributed by atoms with Crippen LogP contribution in [0, 0.1) is 0 Å². The van der Waals surface area contributed by atoms with E-state index in [0.29, 0.717) is 25.4 Å². The Labute approximate surface area is 78.2 Å². The van der Waals surface area contributed by atoms with Crippen LogP contribution in [0.25, 0.3) is 0 Å². The summed E-state index contributed by atoms with van der Waals surface area (Å²) in [5.74, 6) is -0.465.